The van der Waals surface area contributed by atoms with Crippen LogP contribution in [0.25, 0.3) is 11.5 Å². The number of rotatable bonds is 6. The third-order valence-electron chi connectivity index (χ3n) is 4.66. The zero-order chi connectivity index (χ0) is 17.9. The molecule has 1 amide bonds. The zero-order valence-electron chi connectivity index (χ0n) is 14.1. The minimum Gasteiger partial charge on any atom is -0.479 e. The van der Waals surface area contributed by atoms with Crippen LogP contribution in [0.4, 0.5) is 0 Å². The molecule has 25 heavy (non-hydrogen) atoms. The van der Waals surface area contributed by atoms with Gasteiger partial charge in [0.05, 0.1) is 6.26 Å². The third-order valence-corrected chi connectivity index (χ3v) is 5.28. The number of furan rings is 1. The lowest BCUT2D eigenvalue weighted by atomic mass is 9.87. The Kier molecular flexibility index (Phi) is 5.17. The first-order valence-corrected chi connectivity index (χ1v) is 9.56. The summed E-state index contributed by atoms with van der Waals surface area (Å²) in [7, 11) is 0. The van der Waals surface area contributed by atoms with E-state index in [0.717, 1.165) is 5.75 Å². The van der Waals surface area contributed by atoms with Gasteiger partial charge in [-0.2, -0.15) is 16.9 Å². The monoisotopic (exact) mass is 363 g/mol. The molecule has 0 atom stereocenters. The van der Waals surface area contributed by atoms with Crippen LogP contribution in [0.5, 0.6) is 0 Å². The summed E-state index contributed by atoms with van der Waals surface area (Å²) < 4.78 is 6.83. The second kappa shape index (κ2) is 7.35. The van der Waals surface area contributed by atoms with Gasteiger partial charge in [0.15, 0.2) is 11.3 Å². The average Bonchev–Trinajstić information content (AvgIpc) is 3.30. The molecule has 0 aliphatic carbocycles. The molecule has 1 N–H and O–H groups in total. The van der Waals surface area contributed by atoms with Crippen LogP contribution >= 0.6 is 11.8 Å². The summed E-state index contributed by atoms with van der Waals surface area (Å²) in [5, 5.41) is 14.3. The van der Waals surface area contributed by atoms with Crippen LogP contribution in [0.15, 0.2) is 35.1 Å². The van der Waals surface area contributed by atoms with Crippen molar-refractivity contribution in [1.29, 1.82) is 0 Å². The highest BCUT2D eigenvalue weighted by Crippen LogP contribution is 2.32. The SMILES string of the molecule is CSCCC(=O)N1CCC(C(=O)O)(n2ccc(-c3ccco3)n2)CC1. The number of hydrogen-bond acceptors (Lipinski definition) is 5. The lowest BCUT2D eigenvalue weighted by Gasteiger charge is -2.39. The molecule has 0 saturated carbocycles. The highest BCUT2D eigenvalue weighted by atomic mass is 32.2. The van der Waals surface area contributed by atoms with Crippen LogP contribution in [0.1, 0.15) is 19.3 Å². The predicted molar refractivity (Wildman–Crippen MR) is 94.4 cm³/mol. The van der Waals surface area contributed by atoms with E-state index in [1.165, 1.54) is 4.68 Å². The van der Waals surface area contributed by atoms with Gasteiger partial charge in [-0.3, -0.25) is 9.48 Å². The number of carbonyl (C=O) groups excluding carboxylic acids is 1. The van der Waals surface area contributed by atoms with Gasteiger partial charge in [-0.15, -0.1) is 0 Å². The number of amides is 1. The molecule has 1 aliphatic heterocycles. The Hall–Kier alpha value is -2.22. The molecular weight excluding hydrogens is 342 g/mol. The van der Waals surface area contributed by atoms with Crippen molar-refractivity contribution in [3.63, 3.8) is 0 Å². The van der Waals surface area contributed by atoms with Gasteiger partial charge in [-0.05, 0) is 24.5 Å². The second-order valence-electron chi connectivity index (χ2n) is 6.08. The van der Waals surface area contributed by atoms with Gasteiger partial charge in [0, 0.05) is 44.3 Å². The van der Waals surface area contributed by atoms with Crippen LogP contribution < -0.4 is 0 Å². The molecular formula is C17H21N3O4S. The van der Waals surface area contributed by atoms with Crippen molar-refractivity contribution < 1.29 is 19.1 Å². The molecule has 0 aromatic carbocycles. The number of aliphatic carboxylic acids is 1. The summed E-state index contributed by atoms with van der Waals surface area (Å²) in [6.45, 7) is 0.852. The van der Waals surface area contributed by atoms with Crippen LogP contribution in [-0.4, -0.2) is 56.8 Å². The van der Waals surface area contributed by atoms with E-state index in [1.807, 2.05) is 6.26 Å². The molecule has 1 fully saturated rings. The summed E-state index contributed by atoms with van der Waals surface area (Å²) in [4.78, 5) is 26.0. The molecule has 0 bridgehead atoms. The number of carboxylic acid groups (broad SMARTS) is 1. The maximum atomic E-state index is 12.2. The van der Waals surface area contributed by atoms with Crippen molar-refractivity contribution >= 4 is 23.6 Å². The summed E-state index contributed by atoms with van der Waals surface area (Å²) in [5.41, 5.74) is -0.523. The predicted octanol–water partition coefficient (Wildman–Crippen LogP) is 2.30. The molecule has 134 valence electrons. The van der Waals surface area contributed by atoms with E-state index in [2.05, 4.69) is 5.10 Å². The Balaban J connectivity index is 1.76. The van der Waals surface area contributed by atoms with Crippen LogP contribution in [0.3, 0.4) is 0 Å². The lowest BCUT2D eigenvalue weighted by molar-refractivity contribution is -0.153. The molecule has 3 rings (SSSR count). The lowest BCUT2D eigenvalue weighted by Crippen LogP contribution is -2.52. The number of thioether (sulfide) groups is 1. The average molecular weight is 363 g/mol. The number of carboxylic acids is 1. The molecule has 7 nitrogen and oxygen atoms in total. The number of hydrogen-bond donors (Lipinski definition) is 1. The second-order valence-corrected chi connectivity index (χ2v) is 7.07. The van der Waals surface area contributed by atoms with Crippen molar-refractivity contribution in [3.05, 3.63) is 30.7 Å². The third kappa shape index (κ3) is 3.44. The van der Waals surface area contributed by atoms with E-state index in [1.54, 1.807) is 47.3 Å². The molecule has 1 aliphatic rings. The van der Waals surface area contributed by atoms with Crippen LogP contribution in [0.2, 0.25) is 0 Å². The first kappa shape index (κ1) is 17.6. The minimum atomic E-state index is -1.12. The van der Waals surface area contributed by atoms with Gasteiger partial charge in [-0.1, -0.05) is 0 Å². The van der Waals surface area contributed by atoms with Gasteiger partial charge in [0.2, 0.25) is 5.91 Å². The fourth-order valence-corrected chi connectivity index (χ4v) is 3.51. The molecule has 2 aromatic heterocycles. The molecule has 0 radical (unpaired) electrons. The fourth-order valence-electron chi connectivity index (χ4n) is 3.13. The standard InChI is InChI=1S/C17H21N3O4S/c1-25-12-5-15(21)19-9-6-17(7-10-19,16(22)23)20-8-4-13(18-20)14-3-2-11-24-14/h2-4,8,11H,5-7,9-10,12H2,1H3,(H,22,23). The highest BCUT2D eigenvalue weighted by Gasteiger charge is 2.45. The Bertz CT molecular complexity index is 733. The van der Waals surface area contributed by atoms with Gasteiger partial charge in [0.25, 0.3) is 0 Å². The summed E-state index contributed by atoms with van der Waals surface area (Å²) in [5.74, 6) is 0.553. The number of likely N-dealkylation sites (tertiary alicyclic amines) is 1. The number of aromatic nitrogens is 2. The van der Waals surface area contributed by atoms with Gasteiger partial charge >= 0.3 is 5.97 Å². The Morgan fingerprint density at radius 3 is 2.72 bits per heavy atom. The minimum absolute atomic E-state index is 0.0880. The van der Waals surface area contributed by atoms with E-state index >= 15 is 0 Å². The maximum Gasteiger partial charge on any atom is 0.331 e. The van der Waals surface area contributed by atoms with Crippen molar-refractivity contribution in [3.8, 4) is 11.5 Å². The Morgan fingerprint density at radius 2 is 2.12 bits per heavy atom. The molecule has 3 heterocycles. The highest BCUT2D eigenvalue weighted by molar-refractivity contribution is 7.98. The van der Waals surface area contributed by atoms with Gasteiger partial charge < -0.3 is 14.4 Å². The summed E-state index contributed by atoms with van der Waals surface area (Å²) in [6, 6.07) is 5.30. The quantitative estimate of drug-likeness (QED) is 0.847. The maximum absolute atomic E-state index is 12.2. The summed E-state index contributed by atoms with van der Waals surface area (Å²) >= 11 is 1.63. The number of carbonyl (C=O) groups is 2. The summed E-state index contributed by atoms with van der Waals surface area (Å²) in [6.07, 6.45) is 6.37. The number of nitrogens with zero attached hydrogens (tertiary/aromatic N) is 3. The van der Waals surface area contributed by atoms with Crippen molar-refractivity contribution in [2.45, 2.75) is 24.8 Å². The van der Waals surface area contributed by atoms with E-state index < -0.39 is 11.5 Å². The zero-order valence-corrected chi connectivity index (χ0v) is 14.9. The topological polar surface area (TPSA) is 88.6 Å². The largest absolute Gasteiger partial charge is 0.479 e. The first-order chi connectivity index (χ1) is 12.1. The molecule has 0 unspecified atom stereocenters. The van der Waals surface area contributed by atoms with Crippen molar-refractivity contribution in [1.82, 2.24) is 14.7 Å². The number of piperidine rings is 1. The molecule has 8 heteroatoms. The molecule has 0 spiro atoms. The first-order valence-electron chi connectivity index (χ1n) is 8.17. The molecule has 1 saturated heterocycles. The smallest absolute Gasteiger partial charge is 0.331 e. The van der Waals surface area contributed by atoms with E-state index in [9.17, 15) is 14.7 Å². The van der Waals surface area contributed by atoms with Crippen LogP contribution in [-0.2, 0) is 15.1 Å². The Morgan fingerprint density at radius 1 is 1.36 bits per heavy atom. The Labute approximate surface area is 150 Å². The van der Waals surface area contributed by atoms with E-state index in [4.69, 9.17) is 4.42 Å². The van der Waals surface area contributed by atoms with E-state index in [0.29, 0.717) is 43.8 Å². The van der Waals surface area contributed by atoms with Gasteiger partial charge in [0.1, 0.15) is 5.69 Å². The molecule has 2 aromatic rings. The van der Waals surface area contributed by atoms with Crippen LogP contribution in [0, 0.1) is 0 Å². The normalized spacial score (nSPS) is 16.8. The van der Waals surface area contributed by atoms with Gasteiger partial charge in [-0.25, -0.2) is 4.79 Å². The van der Waals surface area contributed by atoms with Crippen molar-refractivity contribution in [2.75, 3.05) is 25.1 Å². The van der Waals surface area contributed by atoms with Crippen molar-refractivity contribution in [2.24, 2.45) is 0 Å². The fraction of sp³-hybridized carbons (Fsp3) is 0.471. The van der Waals surface area contributed by atoms with E-state index in [-0.39, 0.29) is 5.91 Å².